The number of hydrogen-bond donors (Lipinski definition) is 0. The number of rotatable bonds is 3. The van der Waals surface area contributed by atoms with E-state index in [1.807, 2.05) is 23.1 Å². The zero-order valence-corrected chi connectivity index (χ0v) is 16.1. The molecule has 3 aromatic heterocycles. The third-order valence-electron chi connectivity index (χ3n) is 5.53. The Hall–Kier alpha value is -2.57. The molecule has 4 heterocycles. The molecule has 0 spiro atoms. The number of aromatic nitrogens is 4. The lowest BCUT2D eigenvalue weighted by Gasteiger charge is -2.24. The van der Waals surface area contributed by atoms with Crippen LogP contribution in [-0.4, -0.2) is 30.6 Å². The molecule has 1 unspecified atom stereocenters. The van der Waals surface area contributed by atoms with Gasteiger partial charge >= 0.3 is 0 Å². The molecule has 136 valence electrons. The molecule has 0 radical (unpaired) electrons. The lowest BCUT2D eigenvalue weighted by Crippen LogP contribution is -2.27. The largest absolute Gasteiger partial charge is 0.277 e. The standard InChI is InChI=1S/C21H21N5S/c1-15-12-20-23-25(21(27)26(20)19-8-3-2-7-17(15)19)14-24-11-5-9-18(24)16-6-4-10-22-13-16/h2-4,6-8,10,12-13,18H,5,9,11,14H2,1H3. The lowest BCUT2D eigenvalue weighted by molar-refractivity contribution is 0.190. The summed E-state index contributed by atoms with van der Waals surface area (Å²) in [4.78, 5) is 6.75. The van der Waals surface area contributed by atoms with Crippen LogP contribution in [0.25, 0.3) is 16.6 Å². The van der Waals surface area contributed by atoms with Crippen molar-refractivity contribution in [1.29, 1.82) is 0 Å². The highest BCUT2D eigenvalue weighted by Crippen LogP contribution is 2.32. The van der Waals surface area contributed by atoms with Crippen LogP contribution in [0.3, 0.4) is 0 Å². The minimum absolute atomic E-state index is 0.379. The highest BCUT2D eigenvalue weighted by Gasteiger charge is 2.27. The molecule has 4 aromatic rings. The highest BCUT2D eigenvalue weighted by molar-refractivity contribution is 7.71. The van der Waals surface area contributed by atoms with Gasteiger partial charge in [0.2, 0.25) is 4.77 Å². The molecule has 0 saturated carbocycles. The fraction of sp³-hybridized carbons (Fsp3) is 0.286. The Balaban J connectivity index is 1.57. The van der Waals surface area contributed by atoms with Crippen molar-refractivity contribution in [3.63, 3.8) is 0 Å². The van der Waals surface area contributed by atoms with Crippen molar-refractivity contribution in [2.45, 2.75) is 32.5 Å². The monoisotopic (exact) mass is 375 g/mol. The predicted octanol–water partition coefficient (Wildman–Crippen LogP) is 4.52. The number of benzene rings is 1. The molecule has 5 nitrogen and oxygen atoms in total. The van der Waals surface area contributed by atoms with Crippen LogP contribution in [0, 0.1) is 11.7 Å². The first-order valence-electron chi connectivity index (χ1n) is 9.34. The van der Waals surface area contributed by atoms with E-state index in [1.165, 1.54) is 22.9 Å². The van der Waals surface area contributed by atoms with Gasteiger partial charge < -0.3 is 0 Å². The summed E-state index contributed by atoms with van der Waals surface area (Å²) in [5, 5.41) is 6.05. The van der Waals surface area contributed by atoms with Gasteiger partial charge in [0.25, 0.3) is 0 Å². The summed E-state index contributed by atoms with van der Waals surface area (Å²) in [5.41, 5.74) is 4.52. The Labute approximate surface area is 162 Å². The number of aryl methyl sites for hydroxylation is 1. The van der Waals surface area contributed by atoms with Gasteiger partial charge in [-0.25, -0.2) is 4.68 Å². The van der Waals surface area contributed by atoms with Gasteiger partial charge in [-0.1, -0.05) is 24.3 Å². The van der Waals surface area contributed by atoms with Crippen molar-refractivity contribution >= 4 is 28.8 Å². The first-order valence-corrected chi connectivity index (χ1v) is 9.75. The summed E-state index contributed by atoms with van der Waals surface area (Å²) in [6.07, 6.45) is 6.13. The maximum absolute atomic E-state index is 5.81. The third-order valence-corrected chi connectivity index (χ3v) is 5.92. The second-order valence-corrected chi connectivity index (χ2v) is 7.58. The molecule has 27 heavy (non-hydrogen) atoms. The fourth-order valence-corrected chi connectivity index (χ4v) is 4.52. The molecule has 0 N–H and O–H groups in total. The van der Waals surface area contributed by atoms with Crippen molar-refractivity contribution in [2.24, 2.45) is 0 Å². The predicted molar refractivity (Wildman–Crippen MR) is 109 cm³/mol. The van der Waals surface area contributed by atoms with Gasteiger partial charge in [0.05, 0.1) is 12.2 Å². The smallest absolute Gasteiger partial charge is 0.204 e. The molecule has 0 amide bonds. The van der Waals surface area contributed by atoms with E-state index in [4.69, 9.17) is 17.3 Å². The highest BCUT2D eigenvalue weighted by atomic mass is 32.1. The van der Waals surface area contributed by atoms with E-state index in [-0.39, 0.29) is 0 Å². The van der Waals surface area contributed by atoms with Gasteiger partial charge in [-0.3, -0.25) is 14.3 Å². The molecule has 0 bridgehead atoms. The molecule has 6 heteroatoms. The van der Waals surface area contributed by atoms with E-state index in [1.54, 1.807) is 0 Å². The molecular formula is C21H21N5S. The van der Waals surface area contributed by atoms with E-state index < -0.39 is 0 Å². The van der Waals surface area contributed by atoms with Crippen LogP contribution < -0.4 is 0 Å². The minimum atomic E-state index is 0.379. The Kier molecular flexibility index (Phi) is 4.02. The Morgan fingerprint density at radius 2 is 2.07 bits per heavy atom. The average molecular weight is 376 g/mol. The van der Waals surface area contributed by atoms with Gasteiger partial charge in [0, 0.05) is 30.4 Å². The lowest BCUT2D eigenvalue weighted by atomic mass is 10.1. The molecule has 5 rings (SSSR count). The zero-order valence-electron chi connectivity index (χ0n) is 15.2. The van der Waals surface area contributed by atoms with Crippen LogP contribution in [0.2, 0.25) is 0 Å². The van der Waals surface area contributed by atoms with Crippen molar-refractivity contribution in [3.05, 3.63) is 70.8 Å². The van der Waals surface area contributed by atoms with Crippen molar-refractivity contribution in [3.8, 4) is 0 Å². The SMILES string of the molecule is Cc1cc2nn(CN3CCCC3c3cccnc3)c(=S)n2c2ccccc12. The molecule has 0 aliphatic carbocycles. The quantitative estimate of drug-likeness (QED) is 0.494. The van der Waals surface area contributed by atoms with E-state index in [0.29, 0.717) is 12.7 Å². The summed E-state index contributed by atoms with van der Waals surface area (Å²) >= 11 is 5.81. The van der Waals surface area contributed by atoms with E-state index in [0.717, 1.165) is 28.9 Å². The van der Waals surface area contributed by atoms with Gasteiger partial charge in [0.15, 0.2) is 5.65 Å². The van der Waals surface area contributed by atoms with E-state index >= 15 is 0 Å². The fourth-order valence-electron chi connectivity index (χ4n) is 4.23. The second kappa shape index (κ2) is 6.55. The third kappa shape index (κ3) is 2.76. The van der Waals surface area contributed by atoms with E-state index in [2.05, 4.69) is 57.6 Å². The molecule has 1 saturated heterocycles. The summed E-state index contributed by atoms with van der Waals surface area (Å²) in [6.45, 7) is 3.88. The maximum atomic E-state index is 5.81. The maximum Gasteiger partial charge on any atom is 0.204 e. The van der Waals surface area contributed by atoms with Gasteiger partial charge in [-0.2, -0.15) is 5.10 Å². The Morgan fingerprint density at radius 1 is 1.19 bits per heavy atom. The van der Waals surface area contributed by atoms with Crippen molar-refractivity contribution in [2.75, 3.05) is 6.54 Å². The summed E-state index contributed by atoms with van der Waals surface area (Å²) in [5.74, 6) is 0. The number of nitrogens with zero attached hydrogens (tertiary/aromatic N) is 5. The van der Waals surface area contributed by atoms with Crippen LogP contribution in [0.5, 0.6) is 0 Å². The second-order valence-electron chi connectivity index (χ2n) is 7.22. The van der Waals surface area contributed by atoms with Gasteiger partial charge in [-0.05, 0) is 61.3 Å². The zero-order chi connectivity index (χ0) is 18.4. The van der Waals surface area contributed by atoms with Gasteiger partial charge in [-0.15, -0.1) is 0 Å². The molecule has 1 aliphatic rings. The first-order chi connectivity index (χ1) is 13.2. The minimum Gasteiger partial charge on any atom is -0.277 e. The van der Waals surface area contributed by atoms with Crippen LogP contribution in [0.1, 0.15) is 30.0 Å². The van der Waals surface area contributed by atoms with E-state index in [9.17, 15) is 0 Å². The first kappa shape index (κ1) is 16.6. The molecule has 1 fully saturated rings. The molecular weight excluding hydrogens is 354 g/mol. The number of para-hydroxylation sites is 1. The molecule has 1 atom stereocenters. The molecule has 1 aromatic carbocycles. The Bertz CT molecular complexity index is 1180. The topological polar surface area (TPSA) is 38.4 Å². The van der Waals surface area contributed by atoms with Crippen molar-refractivity contribution < 1.29 is 0 Å². The summed E-state index contributed by atoms with van der Waals surface area (Å²) in [6, 6.07) is 15.1. The van der Waals surface area contributed by atoms with Gasteiger partial charge in [0.1, 0.15) is 0 Å². The summed E-state index contributed by atoms with van der Waals surface area (Å²) in [7, 11) is 0. The number of fused-ring (bicyclic) bond motifs is 3. The van der Waals surface area contributed by atoms with Crippen molar-refractivity contribution in [1.82, 2.24) is 24.1 Å². The molecule has 1 aliphatic heterocycles. The number of pyridine rings is 2. The van der Waals surface area contributed by atoms with Crippen LogP contribution in [-0.2, 0) is 6.67 Å². The summed E-state index contributed by atoms with van der Waals surface area (Å²) < 4.78 is 4.80. The van der Waals surface area contributed by atoms with Crippen LogP contribution in [0.4, 0.5) is 0 Å². The average Bonchev–Trinajstić information content (AvgIpc) is 3.28. The normalized spacial score (nSPS) is 17.9. The van der Waals surface area contributed by atoms with Crippen LogP contribution in [0.15, 0.2) is 54.9 Å². The number of likely N-dealkylation sites (tertiary alicyclic amines) is 1. The number of hydrogen-bond acceptors (Lipinski definition) is 4. The van der Waals surface area contributed by atoms with Crippen LogP contribution >= 0.6 is 12.2 Å². The Morgan fingerprint density at radius 3 is 2.93 bits per heavy atom.